The highest BCUT2D eigenvalue weighted by Crippen LogP contribution is 2.32. The van der Waals surface area contributed by atoms with Gasteiger partial charge in [0.05, 0.1) is 12.0 Å². The van der Waals surface area contributed by atoms with Crippen molar-refractivity contribution in [1.82, 2.24) is 34.2 Å². The Morgan fingerprint density at radius 3 is 2.47 bits per heavy atom. The average molecular weight is 523 g/mol. The fraction of sp³-hybridized carbons (Fsp3) is 0.407. The lowest BCUT2D eigenvalue weighted by atomic mass is 10.0. The number of nitrogens with one attached hydrogen (secondary N) is 1. The smallest absolute Gasteiger partial charge is 0.340 e. The van der Waals surface area contributed by atoms with Crippen molar-refractivity contribution in [1.29, 1.82) is 0 Å². The summed E-state index contributed by atoms with van der Waals surface area (Å²) in [6, 6.07) is 11.7. The lowest BCUT2D eigenvalue weighted by molar-refractivity contribution is -0.144. The Labute approximate surface area is 218 Å². The van der Waals surface area contributed by atoms with Gasteiger partial charge in [-0.15, -0.1) is 5.10 Å². The number of halogens is 3. The van der Waals surface area contributed by atoms with Gasteiger partial charge in [-0.05, 0) is 87.0 Å². The molecule has 1 fully saturated rings. The number of aromatic nitrogens is 6. The number of imidazole rings is 1. The van der Waals surface area contributed by atoms with Crippen LogP contribution in [0.5, 0.6) is 0 Å². The van der Waals surface area contributed by atoms with Gasteiger partial charge in [-0.3, -0.25) is 0 Å². The molecule has 0 amide bonds. The summed E-state index contributed by atoms with van der Waals surface area (Å²) in [6.45, 7) is 2.36. The fourth-order valence-corrected chi connectivity index (χ4v) is 5.47. The van der Waals surface area contributed by atoms with E-state index in [1.807, 2.05) is 19.2 Å². The minimum atomic E-state index is -4.70. The Morgan fingerprint density at radius 2 is 1.74 bits per heavy atom. The van der Waals surface area contributed by atoms with E-state index in [9.17, 15) is 13.2 Å². The molecule has 3 aromatic heterocycles. The van der Waals surface area contributed by atoms with Gasteiger partial charge in [0.15, 0.2) is 5.82 Å². The molecule has 11 heteroatoms. The van der Waals surface area contributed by atoms with Crippen molar-refractivity contribution < 1.29 is 13.2 Å². The zero-order valence-corrected chi connectivity index (χ0v) is 21.1. The van der Waals surface area contributed by atoms with Crippen LogP contribution in [-0.4, -0.2) is 53.3 Å². The molecule has 1 atom stereocenters. The molecule has 0 radical (unpaired) electrons. The van der Waals surface area contributed by atoms with E-state index in [2.05, 4.69) is 36.3 Å². The van der Waals surface area contributed by atoms with Crippen LogP contribution in [0.1, 0.15) is 42.6 Å². The monoisotopic (exact) mass is 522 g/mol. The molecule has 1 N–H and O–H groups in total. The van der Waals surface area contributed by atoms with Gasteiger partial charge in [-0.2, -0.15) is 22.8 Å². The van der Waals surface area contributed by atoms with E-state index in [0.29, 0.717) is 23.1 Å². The second-order valence-corrected chi connectivity index (χ2v) is 10.1. The Balaban J connectivity index is 1.29. The van der Waals surface area contributed by atoms with Crippen LogP contribution in [0.4, 0.5) is 24.8 Å². The molecule has 4 heterocycles. The molecular weight excluding hydrogens is 493 g/mol. The summed E-state index contributed by atoms with van der Waals surface area (Å²) in [6.07, 6.45) is 5.47. The predicted molar refractivity (Wildman–Crippen MR) is 137 cm³/mol. The predicted octanol–water partition coefficient (Wildman–Crippen LogP) is 5.17. The van der Waals surface area contributed by atoms with Gasteiger partial charge in [0.25, 0.3) is 5.82 Å². The average Bonchev–Trinajstić information content (AvgIpc) is 3.64. The van der Waals surface area contributed by atoms with Crippen LogP contribution >= 0.6 is 0 Å². The van der Waals surface area contributed by atoms with E-state index in [1.165, 1.54) is 37.1 Å². The molecule has 0 spiro atoms. The molecule has 6 rings (SSSR count). The number of alkyl halides is 3. The van der Waals surface area contributed by atoms with Crippen molar-refractivity contribution in [3.63, 3.8) is 0 Å². The van der Waals surface area contributed by atoms with E-state index in [0.717, 1.165) is 30.4 Å². The molecule has 1 aliphatic carbocycles. The number of likely N-dealkylation sites (tertiary alicyclic amines) is 1. The summed E-state index contributed by atoms with van der Waals surface area (Å²) in [5.41, 5.74) is 4.34. The maximum atomic E-state index is 13.6. The topological polar surface area (TPSA) is 76.7 Å². The van der Waals surface area contributed by atoms with Crippen LogP contribution in [0.2, 0.25) is 0 Å². The van der Waals surface area contributed by atoms with Crippen LogP contribution < -0.4 is 5.32 Å². The van der Waals surface area contributed by atoms with Crippen LogP contribution in [0.15, 0.2) is 48.9 Å². The highest BCUT2D eigenvalue weighted by molar-refractivity contribution is 5.59. The Morgan fingerprint density at radius 1 is 0.947 bits per heavy atom. The van der Waals surface area contributed by atoms with Crippen molar-refractivity contribution in [2.24, 2.45) is 7.05 Å². The number of rotatable bonds is 5. The lowest BCUT2D eigenvalue weighted by Gasteiger charge is -2.25. The third kappa shape index (κ3) is 5.02. The number of aryl methyl sites for hydroxylation is 3. The normalized spacial score (nSPS) is 18.4. The molecule has 4 aromatic rings. The first-order chi connectivity index (χ1) is 18.3. The molecule has 1 unspecified atom stereocenters. The van der Waals surface area contributed by atoms with Crippen LogP contribution in [-0.2, 0) is 26.1 Å². The summed E-state index contributed by atoms with van der Waals surface area (Å²) in [5, 5.41) is 6.85. The van der Waals surface area contributed by atoms with Gasteiger partial charge in [0.2, 0.25) is 5.95 Å². The molecule has 38 heavy (non-hydrogen) atoms. The van der Waals surface area contributed by atoms with Gasteiger partial charge in [-0.1, -0.05) is 12.1 Å². The van der Waals surface area contributed by atoms with Crippen LogP contribution in [0.25, 0.3) is 17.2 Å². The molecule has 1 aliphatic heterocycles. The minimum Gasteiger partial charge on any atom is -0.340 e. The first kappa shape index (κ1) is 24.6. The van der Waals surface area contributed by atoms with E-state index < -0.39 is 12.0 Å². The number of hydrogen-bond acceptors (Lipinski definition) is 6. The van der Waals surface area contributed by atoms with Crippen molar-refractivity contribution in [2.45, 2.75) is 50.7 Å². The summed E-state index contributed by atoms with van der Waals surface area (Å²) < 4.78 is 43.7. The number of benzene rings is 1. The number of pyridine rings is 1. The van der Waals surface area contributed by atoms with E-state index in [4.69, 9.17) is 0 Å². The molecule has 2 aliphatic rings. The van der Waals surface area contributed by atoms with Gasteiger partial charge in [-0.25, -0.2) is 9.97 Å². The molecule has 8 nitrogen and oxygen atoms in total. The van der Waals surface area contributed by atoms with Crippen LogP contribution in [0.3, 0.4) is 0 Å². The van der Waals surface area contributed by atoms with Gasteiger partial charge in [0, 0.05) is 25.0 Å². The SMILES string of the molecule is Cn1cnc(-c2cccc(-n3nc(C(F)(F)F)nc3Nc3ccc4c(c3)CCC(N3CCCC3)CC4)n2)c1. The van der Waals surface area contributed by atoms with Gasteiger partial charge >= 0.3 is 6.18 Å². The zero-order chi connectivity index (χ0) is 26.3. The highest BCUT2D eigenvalue weighted by Gasteiger charge is 2.37. The molecule has 0 bridgehead atoms. The number of nitrogens with zero attached hydrogens (tertiary/aromatic N) is 7. The first-order valence-corrected chi connectivity index (χ1v) is 13.0. The molecule has 1 saturated heterocycles. The van der Waals surface area contributed by atoms with Crippen molar-refractivity contribution in [2.75, 3.05) is 18.4 Å². The van der Waals surface area contributed by atoms with Gasteiger partial charge in [0.1, 0.15) is 5.69 Å². The van der Waals surface area contributed by atoms with Crippen molar-refractivity contribution in [3.05, 3.63) is 65.9 Å². The van der Waals surface area contributed by atoms with Gasteiger partial charge < -0.3 is 14.8 Å². The summed E-state index contributed by atoms with van der Waals surface area (Å²) in [5.74, 6) is -1.07. The van der Waals surface area contributed by atoms with Crippen LogP contribution in [0, 0.1) is 0 Å². The van der Waals surface area contributed by atoms with E-state index >= 15 is 0 Å². The van der Waals surface area contributed by atoms with Crippen molar-refractivity contribution in [3.8, 4) is 17.2 Å². The third-order valence-corrected chi connectivity index (χ3v) is 7.39. The minimum absolute atomic E-state index is 0.0495. The standard InChI is InChI=1S/C27H29F3N8/c1-36-16-23(31-17-36)22-5-4-6-24(33-22)38-26(34-25(35-38)27(28,29)30)32-20-10-7-18-8-11-21(12-9-19(18)15-20)37-13-2-3-14-37/h4-7,10,15-17,21H,2-3,8-9,11-14H2,1H3,(H,32,34,35). The summed E-state index contributed by atoms with van der Waals surface area (Å²) in [7, 11) is 1.84. The summed E-state index contributed by atoms with van der Waals surface area (Å²) in [4.78, 5) is 15.2. The second kappa shape index (κ2) is 9.86. The Bertz CT molecular complexity index is 1430. The maximum Gasteiger partial charge on any atom is 0.453 e. The molecule has 0 saturated carbocycles. The fourth-order valence-electron chi connectivity index (χ4n) is 5.47. The maximum absolute atomic E-state index is 13.6. The third-order valence-electron chi connectivity index (χ3n) is 7.39. The molecule has 198 valence electrons. The highest BCUT2D eigenvalue weighted by atomic mass is 19.4. The molecule has 1 aromatic carbocycles. The van der Waals surface area contributed by atoms with E-state index in [1.54, 1.807) is 35.3 Å². The quantitative estimate of drug-likeness (QED) is 0.365. The number of anilines is 2. The zero-order valence-electron chi connectivity index (χ0n) is 21.1. The molecular formula is C27H29F3N8. The number of fused-ring (bicyclic) bond motifs is 1. The van der Waals surface area contributed by atoms with Crippen molar-refractivity contribution >= 4 is 11.6 Å². The lowest BCUT2D eigenvalue weighted by Crippen LogP contribution is -2.32. The second-order valence-electron chi connectivity index (χ2n) is 10.1. The first-order valence-electron chi connectivity index (χ1n) is 13.0. The number of hydrogen-bond donors (Lipinski definition) is 1. The largest absolute Gasteiger partial charge is 0.453 e. The Kier molecular flexibility index (Phi) is 6.38. The summed E-state index contributed by atoms with van der Waals surface area (Å²) >= 11 is 0. The Hall–Kier alpha value is -3.73. The van der Waals surface area contributed by atoms with E-state index in [-0.39, 0.29) is 11.8 Å².